The van der Waals surface area contributed by atoms with Crippen molar-refractivity contribution >= 4 is 55.6 Å². The number of ether oxygens (including phenoxy) is 2. The summed E-state index contributed by atoms with van der Waals surface area (Å²) in [5.74, 6) is -0.349. The highest BCUT2D eigenvalue weighted by molar-refractivity contribution is 6.12. The smallest absolute Gasteiger partial charge is 0.337 e. The molecule has 0 radical (unpaired) electrons. The van der Waals surface area contributed by atoms with Crippen LogP contribution in [-0.2, 0) is 9.47 Å². The SMILES string of the molecule is COC(=O)c1ccc(-c2cc(-c3ccc(C(=O)OC)cc3)nc(-n3c4ccccc4c4ccc(-c5ccc6c(c5)c5ccccc5n6-c5ccccc5)cc43)n2)cc1. The van der Waals surface area contributed by atoms with Crippen molar-refractivity contribution in [2.75, 3.05) is 14.2 Å². The van der Waals surface area contributed by atoms with Crippen LogP contribution in [0.2, 0.25) is 0 Å². The highest BCUT2D eigenvalue weighted by Gasteiger charge is 2.19. The molecule has 0 fully saturated rings. The van der Waals surface area contributed by atoms with E-state index in [2.05, 4.69) is 106 Å². The number of hydrogen-bond donors (Lipinski definition) is 0. The summed E-state index contributed by atoms with van der Waals surface area (Å²) in [5.41, 5.74) is 11.3. The summed E-state index contributed by atoms with van der Waals surface area (Å²) in [4.78, 5) is 35.0. The Bertz CT molecular complexity index is 3140. The van der Waals surface area contributed by atoms with Crippen molar-refractivity contribution in [2.45, 2.75) is 0 Å². The van der Waals surface area contributed by atoms with Gasteiger partial charge in [0, 0.05) is 38.4 Å². The van der Waals surface area contributed by atoms with Crippen molar-refractivity contribution in [1.82, 2.24) is 19.1 Å². The summed E-state index contributed by atoms with van der Waals surface area (Å²) in [6.07, 6.45) is 0. The van der Waals surface area contributed by atoms with Crippen LogP contribution in [0.25, 0.3) is 88.9 Å². The topological polar surface area (TPSA) is 88.2 Å². The molecule has 3 aromatic heterocycles. The van der Waals surface area contributed by atoms with Crippen molar-refractivity contribution in [2.24, 2.45) is 0 Å². The molecular weight excluding hydrogens is 721 g/mol. The van der Waals surface area contributed by atoms with Gasteiger partial charge in [0.2, 0.25) is 5.95 Å². The third kappa shape index (κ3) is 5.78. The molecule has 10 rings (SSSR count). The van der Waals surface area contributed by atoms with Crippen LogP contribution in [0.5, 0.6) is 0 Å². The summed E-state index contributed by atoms with van der Waals surface area (Å²) in [7, 11) is 2.73. The van der Waals surface area contributed by atoms with E-state index in [-0.39, 0.29) is 0 Å². The Morgan fingerprint density at radius 2 is 0.879 bits per heavy atom. The Morgan fingerprint density at radius 1 is 0.414 bits per heavy atom. The number of nitrogens with zero attached hydrogens (tertiary/aromatic N) is 4. The number of para-hydroxylation sites is 3. The monoisotopic (exact) mass is 754 g/mol. The normalized spacial score (nSPS) is 11.4. The van der Waals surface area contributed by atoms with Crippen LogP contribution in [0, 0.1) is 0 Å². The first-order valence-electron chi connectivity index (χ1n) is 18.9. The molecule has 0 atom stereocenters. The molecule has 0 saturated carbocycles. The molecule has 3 heterocycles. The fourth-order valence-electron chi connectivity index (χ4n) is 7.99. The van der Waals surface area contributed by atoms with Gasteiger partial charge in [0.25, 0.3) is 0 Å². The van der Waals surface area contributed by atoms with E-state index in [1.54, 1.807) is 24.3 Å². The molecule has 0 bridgehead atoms. The highest BCUT2D eigenvalue weighted by Crippen LogP contribution is 2.38. The quantitative estimate of drug-likeness (QED) is 0.151. The van der Waals surface area contributed by atoms with Gasteiger partial charge in [-0.25, -0.2) is 19.6 Å². The second kappa shape index (κ2) is 14.0. The third-order valence-corrected chi connectivity index (χ3v) is 10.8. The molecule has 7 aromatic carbocycles. The Hall–Kier alpha value is -7.84. The lowest BCUT2D eigenvalue weighted by Gasteiger charge is -2.13. The first-order chi connectivity index (χ1) is 28.5. The molecule has 0 saturated heterocycles. The molecule has 0 aliphatic heterocycles. The first-order valence-corrected chi connectivity index (χ1v) is 18.9. The second-order valence-corrected chi connectivity index (χ2v) is 14.1. The summed E-state index contributed by atoms with van der Waals surface area (Å²) in [6.45, 7) is 0. The lowest BCUT2D eigenvalue weighted by molar-refractivity contribution is 0.0592. The van der Waals surface area contributed by atoms with Crippen LogP contribution >= 0.6 is 0 Å². The molecule has 278 valence electrons. The fraction of sp³-hybridized carbons (Fsp3) is 0.0400. The molecule has 0 unspecified atom stereocenters. The molecule has 8 nitrogen and oxygen atoms in total. The largest absolute Gasteiger partial charge is 0.465 e. The number of methoxy groups -OCH3 is 2. The Labute approximate surface area is 333 Å². The first kappa shape index (κ1) is 34.6. The minimum Gasteiger partial charge on any atom is -0.465 e. The van der Waals surface area contributed by atoms with E-state index in [9.17, 15) is 9.59 Å². The van der Waals surface area contributed by atoms with E-state index in [4.69, 9.17) is 19.4 Å². The third-order valence-electron chi connectivity index (χ3n) is 10.8. The maximum absolute atomic E-state index is 12.3. The van der Waals surface area contributed by atoms with Gasteiger partial charge < -0.3 is 14.0 Å². The van der Waals surface area contributed by atoms with Crippen LogP contribution in [0.15, 0.2) is 170 Å². The Balaban J connectivity index is 1.17. The standard InChI is InChI=1S/C50H34N4O4/c1-57-48(55)33-20-16-31(17-21-33)42-30-43(32-18-22-34(23-19-32)49(56)58-2)52-50(51-42)54-45-15-9-6-12-38(45)40-26-24-36(29-47(40)54)35-25-27-46-41(28-35)39-13-7-8-14-44(39)53(46)37-10-4-3-5-11-37/h3-30H,1-2H3. The fourth-order valence-corrected chi connectivity index (χ4v) is 7.99. The van der Waals surface area contributed by atoms with Crippen molar-refractivity contribution in [3.05, 3.63) is 181 Å². The van der Waals surface area contributed by atoms with Crippen LogP contribution < -0.4 is 0 Å². The van der Waals surface area contributed by atoms with E-state index in [1.165, 1.54) is 25.0 Å². The maximum atomic E-state index is 12.3. The predicted octanol–water partition coefficient (Wildman–Crippen LogP) is 11.2. The molecule has 0 amide bonds. The molecular formula is C50H34N4O4. The zero-order valence-corrected chi connectivity index (χ0v) is 31.6. The minimum atomic E-state index is -0.413. The van der Waals surface area contributed by atoms with Crippen LogP contribution in [0.1, 0.15) is 20.7 Å². The predicted molar refractivity (Wildman–Crippen MR) is 230 cm³/mol. The van der Waals surface area contributed by atoms with Gasteiger partial charge in [-0.3, -0.25) is 4.57 Å². The van der Waals surface area contributed by atoms with E-state index in [0.717, 1.165) is 60.8 Å². The van der Waals surface area contributed by atoms with Gasteiger partial charge in [-0.2, -0.15) is 0 Å². The average Bonchev–Trinajstić information content (AvgIpc) is 3.81. The van der Waals surface area contributed by atoms with E-state index >= 15 is 0 Å². The Morgan fingerprint density at radius 3 is 1.48 bits per heavy atom. The lowest BCUT2D eigenvalue weighted by Crippen LogP contribution is -2.05. The van der Waals surface area contributed by atoms with Gasteiger partial charge >= 0.3 is 11.9 Å². The average molecular weight is 755 g/mol. The number of aromatic nitrogens is 4. The minimum absolute atomic E-state index is 0.413. The summed E-state index contributed by atoms with van der Waals surface area (Å²) in [6, 6.07) is 56.9. The van der Waals surface area contributed by atoms with Crippen molar-refractivity contribution in [3.63, 3.8) is 0 Å². The number of rotatable bonds is 7. The number of carbonyl (C=O) groups excluding carboxylic acids is 2. The zero-order chi connectivity index (χ0) is 39.3. The zero-order valence-electron chi connectivity index (χ0n) is 31.6. The van der Waals surface area contributed by atoms with Gasteiger partial charge in [-0.05, 0) is 83.9 Å². The van der Waals surface area contributed by atoms with Gasteiger partial charge in [0.05, 0.1) is 58.8 Å². The molecule has 0 N–H and O–H groups in total. The molecule has 0 spiro atoms. The number of benzene rings is 7. The van der Waals surface area contributed by atoms with Gasteiger partial charge in [-0.1, -0.05) is 97.1 Å². The van der Waals surface area contributed by atoms with E-state index in [0.29, 0.717) is 28.5 Å². The van der Waals surface area contributed by atoms with Gasteiger partial charge in [0.15, 0.2) is 0 Å². The summed E-state index contributed by atoms with van der Waals surface area (Å²) in [5, 5.41) is 4.51. The van der Waals surface area contributed by atoms with Crippen molar-refractivity contribution < 1.29 is 19.1 Å². The summed E-state index contributed by atoms with van der Waals surface area (Å²) < 4.78 is 14.3. The number of fused-ring (bicyclic) bond motifs is 6. The van der Waals surface area contributed by atoms with Crippen molar-refractivity contribution in [3.8, 4) is 45.3 Å². The van der Waals surface area contributed by atoms with Crippen molar-refractivity contribution in [1.29, 1.82) is 0 Å². The molecule has 0 aliphatic rings. The van der Waals surface area contributed by atoms with Crippen LogP contribution in [-0.4, -0.2) is 45.3 Å². The highest BCUT2D eigenvalue weighted by atomic mass is 16.5. The second-order valence-electron chi connectivity index (χ2n) is 14.1. The van der Waals surface area contributed by atoms with E-state index in [1.807, 2.05) is 48.5 Å². The summed E-state index contributed by atoms with van der Waals surface area (Å²) >= 11 is 0. The molecule has 58 heavy (non-hydrogen) atoms. The Kier molecular flexibility index (Phi) is 8.38. The molecule has 10 aromatic rings. The van der Waals surface area contributed by atoms with Gasteiger partial charge in [-0.15, -0.1) is 0 Å². The molecule has 0 aliphatic carbocycles. The maximum Gasteiger partial charge on any atom is 0.337 e. The van der Waals surface area contributed by atoms with E-state index < -0.39 is 11.9 Å². The van der Waals surface area contributed by atoms with Gasteiger partial charge in [0.1, 0.15) is 0 Å². The van der Waals surface area contributed by atoms with Crippen LogP contribution in [0.4, 0.5) is 0 Å². The molecule has 8 heteroatoms. The van der Waals surface area contributed by atoms with Crippen LogP contribution in [0.3, 0.4) is 0 Å². The lowest BCUT2D eigenvalue weighted by atomic mass is 10.0. The number of esters is 2. The number of carbonyl (C=O) groups is 2. The number of hydrogen-bond acceptors (Lipinski definition) is 6.